The molecule has 0 radical (unpaired) electrons. The number of benzene rings is 2. The fourth-order valence-corrected chi connectivity index (χ4v) is 3.31. The average Bonchev–Trinajstić information content (AvgIpc) is 2.71. The molecule has 3 rings (SSSR count). The molecule has 1 heterocycles. The molecular weight excluding hydrogens is 346 g/mol. The fourth-order valence-electron chi connectivity index (χ4n) is 3.31. The molecule has 2 aromatic carbocycles. The van der Waals surface area contributed by atoms with E-state index in [2.05, 4.69) is 96.3 Å². The molecule has 5 nitrogen and oxygen atoms in total. The number of aromatic nitrogens is 2. The number of nitrogens with zero attached hydrogens (tertiary/aromatic N) is 4. The van der Waals surface area contributed by atoms with Crippen LogP contribution in [0.3, 0.4) is 0 Å². The third-order valence-electron chi connectivity index (χ3n) is 4.80. The monoisotopic (exact) mass is 375 g/mol. The maximum Gasteiger partial charge on any atom is 0.229 e. The molecular formula is C23H29N5. The van der Waals surface area contributed by atoms with Crippen LogP contribution in [0.2, 0.25) is 0 Å². The Morgan fingerprint density at radius 2 is 1.61 bits per heavy atom. The zero-order chi connectivity index (χ0) is 19.9. The van der Waals surface area contributed by atoms with E-state index in [0.717, 1.165) is 36.8 Å². The van der Waals surface area contributed by atoms with Gasteiger partial charge < -0.3 is 15.1 Å². The van der Waals surface area contributed by atoms with Gasteiger partial charge in [0.2, 0.25) is 5.95 Å². The summed E-state index contributed by atoms with van der Waals surface area (Å²) in [5.41, 5.74) is 4.57. The van der Waals surface area contributed by atoms with E-state index < -0.39 is 0 Å². The molecule has 0 aliphatic heterocycles. The van der Waals surface area contributed by atoms with Crippen molar-refractivity contribution < 1.29 is 0 Å². The van der Waals surface area contributed by atoms with Crippen molar-refractivity contribution in [3.05, 3.63) is 66.4 Å². The zero-order valence-corrected chi connectivity index (χ0v) is 17.2. The molecule has 0 aliphatic rings. The zero-order valence-electron chi connectivity index (χ0n) is 17.2. The van der Waals surface area contributed by atoms with E-state index >= 15 is 0 Å². The Morgan fingerprint density at radius 1 is 0.857 bits per heavy atom. The van der Waals surface area contributed by atoms with Gasteiger partial charge in [-0.25, -0.2) is 4.98 Å². The highest BCUT2D eigenvalue weighted by atomic mass is 15.2. The topological polar surface area (TPSA) is 44.3 Å². The first-order valence-electron chi connectivity index (χ1n) is 9.93. The van der Waals surface area contributed by atoms with Crippen molar-refractivity contribution in [3.63, 3.8) is 0 Å². The van der Waals surface area contributed by atoms with Crippen molar-refractivity contribution in [1.82, 2.24) is 9.97 Å². The van der Waals surface area contributed by atoms with E-state index in [9.17, 15) is 0 Å². The molecule has 3 aromatic rings. The van der Waals surface area contributed by atoms with Crippen molar-refractivity contribution in [2.24, 2.45) is 0 Å². The first-order chi connectivity index (χ1) is 13.6. The predicted molar refractivity (Wildman–Crippen MR) is 119 cm³/mol. The smallest absolute Gasteiger partial charge is 0.229 e. The van der Waals surface area contributed by atoms with Crippen LogP contribution in [0.5, 0.6) is 0 Å². The van der Waals surface area contributed by atoms with Gasteiger partial charge in [0.1, 0.15) is 5.82 Å². The molecule has 0 unspecified atom stereocenters. The minimum Gasteiger partial charge on any atom is -0.372 e. The van der Waals surface area contributed by atoms with Crippen molar-refractivity contribution in [3.8, 4) is 0 Å². The van der Waals surface area contributed by atoms with Gasteiger partial charge in [0.25, 0.3) is 0 Å². The Labute approximate surface area is 168 Å². The molecule has 0 amide bonds. The van der Waals surface area contributed by atoms with Crippen LogP contribution in [0.25, 0.3) is 0 Å². The van der Waals surface area contributed by atoms with E-state index in [-0.39, 0.29) is 0 Å². The molecule has 0 saturated carbocycles. The minimum atomic E-state index is 0.596. The lowest BCUT2D eigenvalue weighted by molar-refractivity contribution is 0.866. The van der Waals surface area contributed by atoms with Crippen LogP contribution in [0.15, 0.2) is 60.8 Å². The van der Waals surface area contributed by atoms with Crippen LogP contribution in [-0.2, 0) is 0 Å². The SMILES string of the molecule is CCN(CC)c1ccc(Nc2nccc(N(CC)c3cccc(C)c3)n2)cc1. The summed E-state index contributed by atoms with van der Waals surface area (Å²) in [6, 6.07) is 18.8. The standard InChI is InChI=1S/C23H29N5/c1-5-27(6-2)20-13-11-19(12-14-20)25-23-24-16-15-22(26-23)28(7-3)21-10-8-9-18(4)17-21/h8-17H,5-7H2,1-4H3,(H,24,25,26). The second-order valence-electron chi connectivity index (χ2n) is 6.67. The van der Waals surface area contributed by atoms with Crippen LogP contribution >= 0.6 is 0 Å². The molecule has 1 aromatic heterocycles. The summed E-state index contributed by atoms with van der Waals surface area (Å²) in [4.78, 5) is 13.6. The lowest BCUT2D eigenvalue weighted by Crippen LogP contribution is -2.21. The highest BCUT2D eigenvalue weighted by Crippen LogP contribution is 2.25. The Kier molecular flexibility index (Phi) is 6.48. The molecule has 0 atom stereocenters. The van der Waals surface area contributed by atoms with Gasteiger partial charge >= 0.3 is 0 Å². The van der Waals surface area contributed by atoms with Gasteiger partial charge in [0, 0.05) is 42.9 Å². The average molecular weight is 376 g/mol. The molecule has 0 spiro atoms. The first-order valence-corrected chi connectivity index (χ1v) is 9.93. The maximum atomic E-state index is 4.73. The Bertz CT molecular complexity index is 888. The molecule has 5 heteroatoms. The van der Waals surface area contributed by atoms with E-state index in [4.69, 9.17) is 4.98 Å². The van der Waals surface area contributed by atoms with Crippen molar-refractivity contribution >= 4 is 28.8 Å². The molecule has 0 fully saturated rings. The second-order valence-corrected chi connectivity index (χ2v) is 6.67. The van der Waals surface area contributed by atoms with Crippen LogP contribution in [-0.4, -0.2) is 29.6 Å². The highest BCUT2D eigenvalue weighted by Gasteiger charge is 2.10. The van der Waals surface area contributed by atoms with Gasteiger partial charge in [-0.15, -0.1) is 0 Å². The summed E-state index contributed by atoms with van der Waals surface area (Å²) < 4.78 is 0. The number of hydrogen-bond donors (Lipinski definition) is 1. The van der Waals surface area contributed by atoms with Crippen LogP contribution < -0.4 is 15.1 Å². The first kappa shape index (κ1) is 19.7. The second kappa shape index (κ2) is 9.22. The van der Waals surface area contributed by atoms with Gasteiger partial charge in [-0.2, -0.15) is 4.98 Å². The highest BCUT2D eigenvalue weighted by molar-refractivity contribution is 5.63. The number of aryl methyl sites for hydroxylation is 1. The van der Waals surface area contributed by atoms with Gasteiger partial charge in [-0.3, -0.25) is 0 Å². The quantitative estimate of drug-likeness (QED) is 0.560. The number of nitrogens with one attached hydrogen (secondary N) is 1. The van der Waals surface area contributed by atoms with E-state index in [0.29, 0.717) is 5.95 Å². The van der Waals surface area contributed by atoms with E-state index in [1.165, 1.54) is 11.3 Å². The fraction of sp³-hybridized carbons (Fsp3) is 0.304. The summed E-state index contributed by atoms with van der Waals surface area (Å²) >= 11 is 0. The molecule has 1 N–H and O–H groups in total. The summed E-state index contributed by atoms with van der Waals surface area (Å²) in [6.07, 6.45) is 1.80. The summed E-state index contributed by atoms with van der Waals surface area (Å²) in [6.45, 7) is 11.4. The Hall–Kier alpha value is -3.08. The summed E-state index contributed by atoms with van der Waals surface area (Å²) in [5.74, 6) is 1.48. The van der Waals surface area contributed by atoms with Crippen LogP contribution in [0.1, 0.15) is 26.3 Å². The number of rotatable bonds is 8. The predicted octanol–water partition coefficient (Wildman–Crippen LogP) is 5.53. The maximum absolute atomic E-state index is 4.73. The third kappa shape index (κ3) is 4.60. The van der Waals surface area contributed by atoms with E-state index in [1.807, 2.05) is 6.07 Å². The largest absolute Gasteiger partial charge is 0.372 e. The normalized spacial score (nSPS) is 10.6. The molecule has 0 bridgehead atoms. The van der Waals surface area contributed by atoms with Crippen molar-refractivity contribution in [1.29, 1.82) is 0 Å². The Balaban J connectivity index is 1.79. The lowest BCUT2D eigenvalue weighted by Gasteiger charge is -2.23. The third-order valence-corrected chi connectivity index (χ3v) is 4.80. The molecule has 0 saturated heterocycles. The van der Waals surface area contributed by atoms with E-state index in [1.54, 1.807) is 6.20 Å². The van der Waals surface area contributed by atoms with Gasteiger partial charge in [-0.1, -0.05) is 12.1 Å². The van der Waals surface area contributed by atoms with Gasteiger partial charge in [0.05, 0.1) is 0 Å². The van der Waals surface area contributed by atoms with Crippen molar-refractivity contribution in [2.45, 2.75) is 27.7 Å². The summed E-state index contributed by atoms with van der Waals surface area (Å²) in [5, 5.41) is 3.32. The minimum absolute atomic E-state index is 0.596. The van der Waals surface area contributed by atoms with Gasteiger partial charge in [0.15, 0.2) is 0 Å². The lowest BCUT2D eigenvalue weighted by atomic mass is 10.2. The van der Waals surface area contributed by atoms with Crippen LogP contribution in [0, 0.1) is 6.92 Å². The van der Waals surface area contributed by atoms with Crippen LogP contribution in [0.4, 0.5) is 28.8 Å². The molecule has 146 valence electrons. The summed E-state index contributed by atoms with van der Waals surface area (Å²) in [7, 11) is 0. The number of anilines is 5. The van der Waals surface area contributed by atoms with Gasteiger partial charge in [-0.05, 0) is 75.7 Å². The molecule has 28 heavy (non-hydrogen) atoms. The van der Waals surface area contributed by atoms with Crippen molar-refractivity contribution in [2.75, 3.05) is 34.8 Å². The Morgan fingerprint density at radius 3 is 2.25 bits per heavy atom. The number of hydrogen-bond acceptors (Lipinski definition) is 5. The molecule has 0 aliphatic carbocycles.